The molecule has 21 heavy (non-hydrogen) atoms. The fourth-order valence-corrected chi connectivity index (χ4v) is 2.00. The number of hydrogen-bond donors (Lipinski definition) is 2. The summed E-state index contributed by atoms with van der Waals surface area (Å²) in [5.41, 5.74) is 6.63. The minimum absolute atomic E-state index is 0. The molecule has 0 saturated carbocycles. The summed E-state index contributed by atoms with van der Waals surface area (Å²) in [4.78, 5) is 15.7. The molecule has 1 aromatic carbocycles. The molecule has 0 aliphatic heterocycles. The van der Waals surface area contributed by atoms with Crippen molar-refractivity contribution < 1.29 is 4.79 Å². The van der Waals surface area contributed by atoms with E-state index in [9.17, 15) is 4.79 Å². The van der Waals surface area contributed by atoms with Crippen LogP contribution in [0.15, 0.2) is 42.7 Å². The number of aryl methyl sites for hydroxylation is 2. The quantitative estimate of drug-likeness (QED) is 0.814. The highest BCUT2D eigenvalue weighted by Gasteiger charge is 2.05. The summed E-state index contributed by atoms with van der Waals surface area (Å²) in [5.74, 6) is 0.830. The van der Waals surface area contributed by atoms with E-state index in [0.29, 0.717) is 19.5 Å². The molecule has 3 N–H and O–H groups in total. The van der Waals surface area contributed by atoms with Crippen LogP contribution in [0.3, 0.4) is 0 Å². The lowest BCUT2D eigenvalue weighted by Crippen LogP contribution is -2.26. The summed E-state index contributed by atoms with van der Waals surface area (Å²) >= 11 is 0. The highest BCUT2D eigenvalue weighted by atomic mass is 35.5. The smallest absolute Gasteiger partial charge is 0.221 e. The van der Waals surface area contributed by atoms with Crippen molar-refractivity contribution in [2.24, 2.45) is 5.73 Å². The molecule has 0 spiro atoms. The molecule has 0 radical (unpaired) electrons. The van der Waals surface area contributed by atoms with E-state index < -0.39 is 0 Å². The first kappa shape index (κ1) is 17.2. The molecule has 5 nitrogen and oxygen atoms in total. The number of nitrogens with two attached hydrogens (primary N) is 1. The van der Waals surface area contributed by atoms with Gasteiger partial charge in [-0.1, -0.05) is 30.3 Å². The minimum Gasteiger partial charge on any atom is -0.349 e. The first-order chi connectivity index (χ1) is 9.79. The van der Waals surface area contributed by atoms with E-state index in [2.05, 4.69) is 27.0 Å². The van der Waals surface area contributed by atoms with Gasteiger partial charge in [0, 0.05) is 31.9 Å². The van der Waals surface area contributed by atoms with Crippen molar-refractivity contribution in [3.63, 3.8) is 0 Å². The highest BCUT2D eigenvalue weighted by Crippen LogP contribution is 2.04. The highest BCUT2D eigenvalue weighted by molar-refractivity contribution is 5.85. The molecule has 2 rings (SSSR count). The van der Waals surface area contributed by atoms with Crippen LogP contribution in [0.25, 0.3) is 0 Å². The number of carbonyl (C=O) groups excluding carboxylic acids is 1. The number of halogens is 1. The average Bonchev–Trinajstić information content (AvgIpc) is 2.92. The van der Waals surface area contributed by atoms with Gasteiger partial charge in [-0.05, 0) is 12.0 Å². The van der Waals surface area contributed by atoms with Gasteiger partial charge >= 0.3 is 0 Å². The van der Waals surface area contributed by atoms with Crippen LogP contribution < -0.4 is 11.1 Å². The second-order valence-electron chi connectivity index (χ2n) is 4.59. The third kappa shape index (κ3) is 5.57. The largest absolute Gasteiger partial charge is 0.349 e. The third-order valence-corrected chi connectivity index (χ3v) is 3.10. The van der Waals surface area contributed by atoms with Gasteiger partial charge in [0.1, 0.15) is 5.82 Å². The molecule has 0 atom stereocenters. The summed E-state index contributed by atoms with van der Waals surface area (Å²) in [6.45, 7) is 1.67. The van der Waals surface area contributed by atoms with Crippen molar-refractivity contribution in [3.05, 3.63) is 54.1 Å². The fraction of sp³-hybridized carbons (Fsp3) is 0.333. The molecule has 1 amide bonds. The molecule has 0 saturated heterocycles. The maximum Gasteiger partial charge on any atom is 0.221 e. The number of hydrogen-bond acceptors (Lipinski definition) is 3. The molecule has 0 bridgehead atoms. The van der Waals surface area contributed by atoms with Gasteiger partial charge in [0.15, 0.2) is 0 Å². The first-order valence-electron chi connectivity index (χ1n) is 6.80. The van der Waals surface area contributed by atoms with E-state index in [1.807, 2.05) is 24.4 Å². The van der Waals surface area contributed by atoms with Gasteiger partial charge in [-0.2, -0.15) is 0 Å². The maximum absolute atomic E-state index is 11.4. The Hall–Kier alpha value is -1.85. The monoisotopic (exact) mass is 308 g/mol. The molecule has 0 aliphatic carbocycles. The van der Waals surface area contributed by atoms with Crippen molar-refractivity contribution in [3.8, 4) is 0 Å². The predicted molar refractivity (Wildman–Crippen MR) is 85.1 cm³/mol. The lowest BCUT2D eigenvalue weighted by molar-refractivity contribution is -0.121. The number of nitrogens with one attached hydrogen (secondary N) is 1. The molecule has 0 fully saturated rings. The number of rotatable bonds is 7. The second kappa shape index (κ2) is 9.15. The van der Waals surface area contributed by atoms with Gasteiger partial charge in [-0.25, -0.2) is 4.98 Å². The summed E-state index contributed by atoms with van der Waals surface area (Å²) < 4.78 is 2.07. The average molecular weight is 309 g/mol. The molecule has 114 valence electrons. The van der Waals surface area contributed by atoms with E-state index in [4.69, 9.17) is 5.73 Å². The molecular weight excluding hydrogens is 288 g/mol. The Bertz CT molecular complexity index is 542. The topological polar surface area (TPSA) is 72.9 Å². The summed E-state index contributed by atoms with van der Waals surface area (Å²) in [7, 11) is 0. The summed E-state index contributed by atoms with van der Waals surface area (Å²) in [6, 6.07) is 10.3. The molecular formula is C15H21ClN4O. The number of imidazole rings is 1. The Balaban J connectivity index is 0.00000220. The zero-order valence-electron chi connectivity index (χ0n) is 11.9. The number of carbonyl (C=O) groups is 1. The zero-order valence-corrected chi connectivity index (χ0v) is 12.7. The van der Waals surface area contributed by atoms with Crippen molar-refractivity contribution in [2.75, 3.05) is 6.54 Å². The van der Waals surface area contributed by atoms with Gasteiger partial charge in [0.2, 0.25) is 5.91 Å². The normalized spacial score (nSPS) is 9.95. The SMILES string of the molecule is Cl.NCCC(=O)NCc1nccn1CCc1ccccc1. The first-order valence-corrected chi connectivity index (χ1v) is 6.80. The van der Waals surface area contributed by atoms with E-state index >= 15 is 0 Å². The Morgan fingerprint density at radius 3 is 2.76 bits per heavy atom. The van der Waals surface area contributed by atoms with Crippen molar-refractivity contribution >= 4 is 18.3 Å². The van der Waals surface area contributed by atoms with Crippen LogP contribution in [0.4, 0.5) is 0 Å². The maximum atomic E-state index is 11.4. The Morgan fingerprint density at radius 1 is 1.29 bits per heavy atom. The minimum atomic E-state index is -0.0369. The second-order valence-corrected chi connectivity index (χ2v) is 4.59. The number of aromatic nitrogens is 2. The molecule has 1 aromatic heterocycles. The zero-order chi connectivity index (χ0) is 14.2. The third-order valence-electron chi connectivity index (χ3n) is 3.10. The van der Waals surface area contributed by atoms with Gasteiger partial charge in [0.25, 0.3) is 0 Å². The molecule has 2 aromatic rings. The van der Waals surface area contributed by atoms with Crippen LogP contribution in [0.1, 0.15) is 17.8 Å². The van der Waals surface area contributed by atoms with Crippen molar-refractivity contribution in [2.45, 2.75) is 25.9 Å². The van der Waals surface area contributed by atoms with Crippen LogP contribution in [-0.4, -0.2) is 22.0 Å². The van der Waals surface area contributed by atoms with Gasteiger partial charge in [0.05, 0.1) is 6.54 Å². The van der Waals surface area contributed by atoms with E-state index in [0.717, 1.165) is 18.8 Å². The van der Waals surface area contributed by atoms with Crippen LogP contribution in [0.5, 0.6) is 0 Å². The summed E-state index contributed by atoms with van der Waals surface area (Å²) in [6.07, 6.45) is 4.99. The lowest BCUT2D eigenvalue weighted by Gasteiger charge is -2.09. The fourth-order valence-electron chi connectivity index (χ4n) is 2.00. The van der Waals surface area contributed by atoms with Gasteiger partial charge in [-0.15, -0.1) is 12.4 Å². The Kier molecular flexibility index (Phi) is 7.50. The summed E-state index contributed by atoms with van der Waals surface area (Å²) in [5, 5.41) is 2.82. The lowest BCUT2D eigenvalue weighted by atomic mass is 10.1. The van der Waals surface area contributed by atoms with Gasteiger partial charge < -0.3 is 15.6 Å². The standard InChI is InChI=1S/C15H20N4O.ClH/c16-8-6-15(20)18-12-14-17-9-11-19(14)10-7-13-4-2-1-3-5-13;/h1-5,9,11H,6-8,10,12,16H2,(H,18,20);1H. The number of amides is 1. The van der Waals surface area contributed by atoms with Crippen LogP contribution in [-0.2, 0) is 24.3 Å². The van der Waals surface area contributed by atoms with Crippen LogP contribution in [0, 0.1) is 0 Å². The number of nitrogens with zero attached hydrogens (tertiary/aromatic N) is 2. The van der Waals surface area contributed by atoms with E-state index in [1.54, 1.807) is 6.20 Å². The van der Waals surface area contributed by atoms with Crippen molar-refractivity contribution in [1.82, 2.24) is 14.9 Å². The van der Waals surface area contributed by atoms with Gasteiger partial charge in [-0.3, -0.25) is 4.79 Å². The molecule has 0 unspecified atom stereocenters. The molecule has 1 heterocycles. The van der Waals surface area contributed by atoms with Crippen LogP contribution in [0.2, 0.25) is 0 Å². The molecule has 6 heteroatoms. The van der Waals surface area contributed by atoms with Crippen LogP contribution >= 0.6 is 12.4 Å². The number of benzene rings is 1. The van der Waals surface area contributed by atoms with E-state index in [1.165, 1.54) is 5.56 Å². The van der Waals surface area contributed by atoms with E-state index in [-0.39, 0.29) is 18.3 Å². The van der Waals surface area contributed by atoms with Crippen molar-refractivity contribution in [1.29, 1.82) is 0 Å². The molecule has 0 aliphatic rings. The predicted octanol–water partition coefficient (Wildman–Crippen LogP) is 1.51. The Morgan fingerprint density at radius 2 is 2.05 bits per heavy atom. The Labute approximate surface area is 131 Å².